The molecule has 0 N–H and O–H groups in total. The Morgan fingerprint density at radius 3 is 2.36 bits per heavy atom. The fraction of sp³-hybridized carbons (Fsp3) is 0.400. The maximum atomic E-state index is 10.4. The second-order valence-corrected chi connectivity index (χ2v) is 5.24. The van der Waals surface area contributed by atoms with E-state index in [1.54, 1.807) is 6.07 Å². The second-order valence-electron chi connectivity index (χ2n) is 2.96. The predicted molar refractivity (Wildman–Crippen MR) is 59.6 cm³/mol. The van der Waals surface area contributed by atoms with Gasteiger partial charge in [-0.25, -0.2) is 5.11 Å². The highest BCUT2D eigenvalue weighted by Crippen LogP contribution is 2.40. The molecule has 0 atom stereocenters. The number of hydrogen-bond donors (Lipinski definition) is 0. The van der Waals surface area contributed by atoms with Crippen molar-refractivity contribution in [3.63, 3.8) is 0 Å². The van der Waals surface area contributed by atoms with Crippen molar-refractivity contribution in [3.8, 4) is 0 Å². The number of rotatable bonds is 3. The number of aryl methyl sites for hydroxylation is 1. The normalized spacial score (nSPS) is 11.7. The Balaban J connectivity index is 2.92. The minimum atomic E-state index is -1.40. The highest BCUT2D eigenvalue weighted by molar-refractivity contribution is 6.66. The van der Waals surface area contributed by atoms with Crippen LogP contribution < -0.4 is 0 Å². The molecule has 1 radical (unpaired) electrons. The lowest BCUT2D eigenvalue weighted by Gasteiger charge is -2.15. The minimum absolute atomic E-state index is 0.103. The zero-order valence-corrected chi connectivity index (χ0v) is 9.74. The lowest BCUT2D eigenvalue weighted by atomic mass is 10.0. The van der Waals surface area contributed by atoms with E-state index in [9.17, 15) is 5.11 Å². The molecule has 0 saturated carbocycles. The van der Waals surface area contributed by atoms with E-state index in [0.29, 0.717) is 18.4 Å². The first-order chi connectivity index (χ1) is 6.55. The van der Waals surface area contributed by atoms with Gasteiger partial charge < -0.3 is 0 Å². The van der Waals surface area contributed by atoms with Crippen molar-refractivity contribution in [2.24, 2.45) is 0 Å². The Labute approximate surface area is 98.6 Å². The van der Waals surface area contributed by atoms with Gasteiger partial charge in [0.15, 0.2) is 0 Å². The molecule has 1 aromatic carbocycles. The van der Waals surface area contributed by atoms with Crippen LogP contribution in [0.2, 0.25) is 0 Å². The summed E-state index contributed by atoms with van der Waals surface area (Å²) in [6.45, 7) is -0.103. The summed E-state index contributed by atoms with van der Waals surface area (Å²) in [6.07, 6.45) is 1.23. The van der Waals surface area contributed by atoms with Gasteiger partial charge in [-0.3, -0.25) is 0 Å². The Hall–Kier alpha value is 0.0500. The van der Waals surface area contributed by atoms with Gasteiger partial charge >= 0.3 is 0 Å². The first-order valence-electron chi connectivity index (χ1n) is 4.29. The Bertz CT molecular complexity index is 294. The van der Waals surface area contributed by atoms with Crippen molar-refractivity contribution in [2.75, 3.05) is 6.61 Å². The van der Waals surface area contributed by atoms with Crippen LogP contribution in [0.15, 0.2) is 24.3 Å². The van der Waals surface area contributed by atoms with E-state index in [0.717, 1.165) is 5.56 Å². The molecule has 0 fully saturated rings. The maximum Gasteiger partial charge on any atom is 0.216 e. The monoisotopic (exact) mass is 251 g/mol. The smallest absolute Gasteiger partial charge is 0.216 e. The van der Waals surface area contributed by atoms with Crippen LogP contribution in [0.3, 0.4) is 0 Å². The number of alkyl halides is 3. The van der Waals surface area contributed by atoms with Crippen molar-refractivity contribution < 1.29 is 5.11 Å². The molecule has 1 nitrogen and oxygen atoms in total. The van der Waals surface area contributed by atoms with Crippen molar-refractivity contribution >= 4 is 34.8 Å². The average Bonchev–Trinajstić information content (AvgIpc) is 2.14. The number of halogens is 3. The highest BCUT2D eigenvalue weighted by atomic mass is 35.6. The van der Waals surface area contributed by atoms with Gasteiger partial charge in [-0.2, -0.15) is 0 Å². The van der Waals surface area contributed by atoms with Gasteiger partial charge in [0.25, 0.3) is 0 Å². The standard InChI is InChI=1S/C10H10Cl3O/c11-10(12,13)9-6-2-1-4-8(9)5-3-7-14/h1-2,4,6H,3,5,7H2. The third-order valence-electron chi connectivity index (χ3n) is 1.91. The molecule has 0 spiro atoms. The van der Waals surface area contributed by atoms with Crippen molar-refractivity contribution in [1.29, 1.82) is 0 Å². The molecule has 4 heteroatoms. The average molecular weight is 253 g/mol. The summed E-state index contributed by atoms with van der Waals surface area (Å²) >= 11 is 17.4. The third kappa shape index (κ3) is 3.32. The largest absolute Gasteiger partial charge is 0.237 e. The Morgan fingerprint density at radius 2 is 1.79 bits per heavy atom. The van der Waals surface area contributed by atoms with E-state index < -0.39 is 3.79 Å². The molecule has 14 heavy (non-hydrogen) atoms. The number of hydrogen-bond acceptors (Lipinski definition) is 0. The molecule has 0 aliphatic heterocycles. The maximum absolute atomic E-state index is 10.4. The van der Waals surface area contributed by atoms with Crippen LogP contribution in [0.1, 0.15) is 17.5 Å². The summed E-state index contributed by atoms with van der Waals surface area (Å²) in [5.41, 5.74) is 1.60. The molecule has 0 amide bonds. The van der Waals surface area contributed by atoms with Crippen LogP contribution in [0, 0.1) is 0 Å². The first-order valence-corrected chi connectivity index (χ1v) is 5.42. The van der Waals surface area contributed by atoms with E-state index >= 15 is 0 Å². The predicted octanol–water partition coefficient (Wildman–Crippen LogP) is 3.88. The Morgan fingerprint density at radius 1 is 1.14 bits per heavy atom. The zero-order valence-electron chi connectivity index (χ0n) is 7.47. The molecule has 77 valence electrons. The quantitative estimate of drug-likeness (QED) is 0.728. The fourth-order valence-electron chi connectivity index (χ4n) is 1.28. The van der Waals surface area contributed by atoms with Gasteiger partial charge in [-0.15, -0.1) is 0 Å². The molecule has 0 unspecified atom stereocenters. The van der Waals surface area contributed by atoms with Crippen molar-refractivity contribution in [1.82, 2.24) is 0 Å². The summed E-state index contributed by atoms with van der Waals surface area (Å²) in [4.78, 5) is 0. The topological polar surface area (TPSA) is 19.9 Å². The Kier molecular flexibility index (Phi) is 4.52. The van der Waals surface area contributed by atoms with Crippen LogP contribution in [-0.4, -0.2) is 6.61 Å². The van der Waals surface area contributed by atoms with Crippen LogP contribution in [0.4, 0.5) is 0 Å². The summed E-state index contributed by atoms with van der Waals surface area (Å²) in [5, 5.41) is 10.4. The van der Waals surface area contributed by atoms with Crippen LogP contribution >= 0.6 is 34.8 Å². The van der Waals surface area contributed by atoms with Crippen molar-refractivity contribution in [2.45, 2.75) is 16.6 Å². The lowest BCUT2D eigenvalue weighted by molar-refractivity contribution is 0.189. The molecule has 0 aromatic heterocycles. The van der Waals surface area contributed by atoms with Crippen LogP contribution in [0.5, 0.6) is 0 Å². The highest BCUT2D eigenvalue weighted by Gasteiger charge is 2.25. The van der Waals surface area contributed by atoms with Gasteiger partial charge in [0, 0.05) is 5.56 Å². The van der Waals surface area contributed by atoms with Gasteiger partial charge in [-0.05, 0) is 18.4 Å². The summed E-state index contributed by atoms with van der Waals surface area (Å²) < 4.78 is -1.40. The van der Waals surface area contributed by atoms with E-state index in [4.69, 9.17) is 34.8 Å². The van der Waals surface area contributed by atoms with E-state index in [2.05, 4.69) is 0 Å². The SMILES string of the molecule is [O]CCCc1ccccc1C(Cl)(Cl)Cl. The molecule has 1 aromatic rings. The molecular formula is C10H10Cl3O. The molecule has 0 bridgehead atoms. The first kappa shape index (κ1) is 12.1. The lowest BCUT2D eigenvalue weighted by Crippen LogP contribution is -2.05. The summed E-state index contributed by atoms with van der Waals surface area (Å²) in [7, 11) is 0. The van der Waals surface area contributed by atoms with Gasteiger partial charge in [0.05, 0.1) is 6.61 Å². The van der Waals surface area contributed by atoms with E-state index in [-0.39, 0.29) is 6.61 Å². The molecule has 0 saturated heterocycles. The van der Waals surface area contributed by atoms with E-state index in [1.165, 1.54) is 0 Å². The zero-order chi connectivity index (χ0) is 10.6. The van der Waals surface area contributed by atoms with Gasteiger partial charge in [-0.1, -0.05) is 59.1 Å². The second kappa shape index (κ2) is 5.22. The molecule has 0 heterocycles. The molecular weight excluding hydrogens is 242 g/mol. The minimum Gasteiger partial charge on any atom is -0.237 e. The molecule has 0 aliphatic carbocycles. The fourth-order valence-corrected chi connectivity index (χ4v) is 1.83. The third-order valence-corrected chi connectivity index (χ3v) is 2.52. The van der Waals surface area contributed by atoms with Gasteiger partial charge in [0.1, 0.15) is 0 Å². The van der Waals surface area contributed by atoms with Crippen LogP contribution in [0.25, 0.3) is 0 Å². The van der Waals surface area contributed by atoms with Crippen molar-refractivity contribution in [3.05, 3.63) is 35.4 Å². The van der Waals surface area contributed by atoms with E-state index in [1.807, 2.05) is 18.2 Å². The van der Waals surface area contributed by atoms with Crippen LogP contribution in [-0.2, 0) is 15.3 Å². The molecule has 0 aliphatic rings. The van der Waals surface area contributed by atoms with Gasteiger partial charge in [0.2, 0.25) is 3.79 Å². The summed E-state index contributed by atoms with van der Waals surface area (Å²) in [5.74, 6) is 0. The summed E-state index contributed by atoms with van der Waals surface area (Å²) in [6, 6.07) is 7.35. The number of benzene rings is 1. The molecule has 1 rings (SSSR count).